The fourth-order valence-corrected chi connectivity index (χ4v) is 6.89. The average molecular weight is 772 g/mol. The van der Waals surface area contributed by atoms with Gasteiger partial charge in [0.25, 0.3) is 29.9 Å². The Hall–Kier alpha value is -6.16. The number of amides is 3. The summed E-state index contributed by atoms with van der Waals surface area (Å²) >= 11 is 2.23. The number of nitrogens with one attached hydrogen (secondary N) is 3. The van der Waals surface area contributed by atoms with Crippen LogP contribution in [0.15, 0.2) is 52.5 Å². The zero-order chi connectivity index (χ0) is 38.6. The number of β-lactam (4-membered cyclic amide) rings is 1. The molecule has 280 valence electrons. The van der Waals surface area contributed by atoms with Crippen molar-refractivity contribution in [3.05, 3.63) is 58.6 Å². The zero-order valence-electron chi connectivity index (χ0n) is 28.1. The molecule has 3 aromatic rings. The molecule has 1 aromatic carbocycles. The summed E-state index contributed by atoms with van der Waals surface area (Å²) in [6.07, 6.45) is 3.52. The molecule has 2 aliphatic rings. The lowest BCUT2D eigenvalue weighted by atomic mass is 10.0. The molecule has 0 spiro atoms. The number of fused-ring (bicyclic) bond motifs is 1. The molecule has 0 radical (unpaired) electrons. The number of nitrogens with zero attached hydrogens (tertiary/aromatic N) is 5. The third-order valence-electron chi connectivity index (χ3n) is 7.88. The van der Waals surface area contributed by atoms with Crippen molar-refractivity contribution in [3.8, 4) is 11.5 Å². The number of carbonyl (C=O) groups excluding carboxylic acids is 3. The van der Waals surface area contributed by atoms with Crippen molar-refractivity contribution in [1.82, 2.24) is 25.5 Å². The Morgan fingerprint density at radius 1 is 1.15 bits per heavy atom. The van der Waals surface area contributed by atoms with Crippen LogP contribution in [0.4, 0.5) is 16.6 Å². The molecule has 2 aliphatic heterocycles. The van der Waals surface area contributed by atoms with Crippen LogP contribution in [0.25, 0.3) is 0 Å². The maximum Gasteiger partial charge on any atom is 0.352 e. The number of aliphatic carboxylic acids is 2. The fourth-order valence-electron chi connectivity index (χ4n) is 5.01. The number of phenolic OH excluding ortho intramolecular Hbond substituents is 2. The summed E-state index contributed by atoms with van der Waals surface area (Å²) in [4.78, 5) is 77.4. The number of aromatic hydroxyl groups is 2. The molecule has 20 nitrogen and oxygen atoms in total. The Labute approximate surface area is 308 Å². The van der Waals surface area contributed by atoms with E-state index in [-0.39, 0.29) is 52.5 Å². The largest absolute Gasteiger partial charge is 0.504 e. The summed E-state index contributed by atoms with van der Waals surface area (Å²) in [7, 11) is 0. The van der Waals surface area contributed by atoms with Crippen molar-refractivity contribution in [3.63, 3.8) is 0 Å². The topological polar surface area (TPSA) is 309 Å². The van der Waals surface area contributed by atoms with Gasteiger partial charge in [-0.3, -0.25) is 19.3 Å². The number of rotatable bonds is 15. The van der Waals surface area contributed by atoms with Crippen LogP contribution < -0.4 is 32.0 Å². The lowest BCUT2D eigenvalue weighted by molar-refractivity contribution is -0.691. The van der Waals surface area contributed by atoms with E-state index in [0.29, 0.717) is 24.2 Å². The number of hydrogen-bond acceptors (Lipinski definition) is 16. The molecular formula is C31H35N10O10S2+. The number of thioether (sulfide) groups is 1. The number of nitrogen functional groups attached to an aromatic ring is 2. The minimum absolute atomic E-state index is 0.0122. The van der Waals surface area contributed by atoms with E-state index in [4.69, 9.17) is 16.3 Å². The van der Waals surface area contributed by atoms with Gasteiger partial charge in [-0.05, 0) is 43.5 Å². The van der Waals surface area contributed by atoms with Gasteiger partial charge in [-0.2, -0.15) is 0 Å². The molecule has 5 rings (SSSR count). The van der Waals surface area contributed by atoms with Crippen molar-refractivity contribution in [2.45, 2.75) is 43.8 Å². The molecule has 0 unspecified atom stereocenters. The number of nitrogens with two attached hydrogens (primary N) is 2. The van der Waals surface area contributed by atoms with E-state index in [9.17, 15) is 44.4 Å². The van der Waals surface area contributed by atoms with E-state index in [1.165, 1.54) is 49.4 Å². The first-order chi connectivity index (χ1) is 25.1. The van der Waals surface area contributed by atoms with Gasteiger partial charge in [0.15, 0.2) is 22.3 Å². The number of phenols is 2. The van der Waals surface area contributed by atoms with Crippen molar-refractivity contribution in [2.75, 3.05) is 35.6 Å². The zero-order valence-corrected chi connectivity index (χ0v) is 29.7. The van der Waals surface area contributed by atoms with Crippen molar-refractivity contribution in [1.29, 1.82) is 0 Å². The minimum Gasteiger partial charge on any atom is -0.504 e. The molecule has 53 heavy (non-hydrogen) atoms. The van der Waals surface area contributed by atoms with Gasteiger partial charge in [-0.25, -0.2) is 19.1 Å². The van der Waals surface area contributed by atoms with E-state index in [1.807, 2.05) is 0 Å². The Morgan fingerprint density at radius 2 is 1.91 bits per heavy atom. The highest BCUT2D eigenvalue weighted by atomic mass is 32.2. The molecule has 2 aromatic heterocycles. The summed E-state index contributed by atoms with van der Waals surface area (Å²) < 4.78 is 1.60. The number of carboxylic acids is 2. The maximum atomic E-state index is 13.4. The molecule has 2 atom stereocenters. The second-order valence-electron chi connectivity index (χ2n) is 12.1. The minimum atomic E-state index is -1.80. The van der Waals surface area contributed by atoms with Crippen LogP contribution in [0.3, 0.4) is 0 Å². The predicted molar refractivity (Wildman–Crippen MR) is 190 cm³/mol. The number of hydrogen-bond donors (Lipinski definition) is 9. The van der Waals surface area contributed by atoms with Gasteiger partial charge in [-0.15, -0.1) is 23.1 Å². The number of benzene rings is 1. The monoisotopic (exact) mass is 771 g/mol. The summed E-state index contributed by atoms with van der Waals surface area (Å²) in [6.45, 7) is 3.14. The van der Waals surface area contributed by atoms with E-state index < -0.39 is 58.1 Å². The predicted octanol–water partition coefficient (Wildman–Crippen LogP) is -0.344. The first-order valence-electron chi connectivity index (χ1n) is 15.7. The first kappa shape index (κ1) is 38.1. The Bertz CT molecular complexity index is 2040. The van der Waals surface area contributed by atoms with Gasteiger partial charge in [0, 0.05) is 35.4 Å². The van der Waals surface area contributed by atoms with Crippen LogP contribution in [0.1, 0.15) is 36.3 Å². The number of oxime groups is 1. The number of carbonyl (C=O) groups is 5. The van der Waals surface area contributed by atoms with Crippen LogP contribution in [0.2, 0.25) is 0 Å². The molecule has 0 bridgehead atoms. The molecule has 11 N–H and O–H groups in total. The second kappa shape index (κ2) is 15.6. The number of thiazole rings is 1. The summed E-state index contributed by atoms with van der Waals surface area (Å²) in [5.41, 5.74) is 10.3. The normalized spacial score (nSPS) is 17.1. The molecule has 0 aliphatic carbocycles. The summed E-state index contributed by atoms with van der Waals surface area (Å²) in [5, 5.41) is 51.4. The Kier molecular flexibility index (Phi) is 11.2. The van der Waals surface area contributed by atoms with E-state index >= 15 is 0 Å². The van der Waals surface area contributed by atoms with Crippen LogP contribution in [0, 0.1) is 0 Å². The molecule has 4 heterocycles. The lowest BCUT2D eigenvalue weighted by Gasteiger charge is -2.49. The third-order valence-corrected chi connectivity index (χ3v) is 9.89. The summed E-state index contributed by atoms with van der Waals surface area (Å²) in [5.74, 6) is -5.12. The van der Waals surface area contributed by atoms with Crippen molar-refractivity contribution < 1.29 is 53.8 Å². The highest BCUT2D eigenvalue weighted by molar-refractivity contribution is 8.00. The molecule has 1 saturated heterocycles. The van der Waals surface area contributed by atoms with Gasteiger partial charge in [0.05, 0.1) is 0 Å². The molecule has 22 heteroatoms. The van der Waals surface area contributed by atoms with Crippen LogP contribution in [0.5, 0.6) is 11.5 Å². The van der Waals surface area contributed by atoms with Gasteiger partial charge >= 0.3 is 11.9 Å². The van der Waals surface area contributed by atoms with Crippen LogP contribution in [-0.2, 0) is 30.6 Å². The summed E-state index contributed by atoms with van der Waals surface area (Å²) in [6, 6.07) is 2.60. The molecule has 0 saturated carbocycles. The number of aromatic nitrogens is 3. The Balaban J connectivity index is 1.22. The van der Waals surface area contributed by atoms with E-state index in [0.717, 1.165) is 22.3 Å². The smallest absolute Gasteiger partial charge is 0.352 e. The molecular weight excluding hydrogens is 737 g/mol. The first-order valence-corrected chi connectivity index (χ1v) is 17.6. The highest BCUT2D eigenvalue weighted by Gasteiger charge is 2.54. The Morgan fingerprint density at radius 3 is 2.57 bits per heavy atom. The van der Waals surface area contributed by atoms with Gasteiger partial charge in [0.2, 0.25) is 5.60 Å². The second-order valence-corrected chi connectivity index (χ2v) is 14.1. The van der Waals surface area contributed by atoms with E-state index in [2.05, 4.69) is 31.1 Å². The van der Waals surface area contributed by atoms with Gasteiger partial charge < -0.3 is 52.7 Å². The van der Waals surface area contributed by atoms with Crippen molar-refractivity contribution in [2.24, 2.45) is 5.16 Å². The standard InChI is InChI=1S/C31H34N10O10S2/c1-31(2,29(49)50)51-39-20(17-12-53-30(33)37-17)25(45)38-21-26(46)41-22(28(47)48)15(11-52-27(21)41)9-40-10-16(23(32)36-13-40)34-6-3-7-35-24(44)14-4-5-18(42)19(43)8-14/h4-5,8,10,12-13,21,27,32,34H,3,6-7,9,11H2,1-2H3,(H8,33,35,37,38,39,42,43,44,45,47,48,49,50)/p+1/t21-,27-/m1/s1. The third kappa shape index (κ3) is 8.49. The van der Waals surface area contributed by atoms with Crippen LogP contribution >= 0.6 is 23.1 Å². The molecule has 3 amide bonds. The lowest BCUT2D eigenvalue weighted by Crippen LogP contribution is -2.71. The van der Waals surface area contributed by atoms with E-state index in [1.54, 1.807) is 10.8 Å². The molecule has 1 fully saturated rings. The number of carboxylic acid groups (broad SMARTS) is 2. The van der Waals surface area contributed by atoms with Crippen LogP contribution in [-0.4, -0.2) is 107 Å². The van der Waals surface area contributed by atoms with Gasteiger partial charge in [-0.1, -0.05) is 5.16 Å². The maximum absolute atomic E-state index is 13.4. The highest BCUT2D eigenvalue weighted by Crippen LogP contribution is 2.40. The average Bonchev–Trinajstić information content (AvgIpc) is 3.54. The quantitative estimate of drug-likeness (QED) is 0.0238. The fraction of sp³-hybridized carbons (Fsp3) is 0.323. The SMILES string of the molecule is CC(C)(O/N=C(\C(=O)N[C@@H]1C(=O)N2C(C(=O)O)=C(C[n+]3cnc(N)c(NCCCNC(=O)c4ccc(O)c(O)c4)c3)CS[C@H]12)c1csc(N)n1)C(=O)O. The number of anilines is 3. The van der Waals surface area contributed by atoms with Gasteiger partial charge in [0.1, 0.15) is 41.2 Å². The van der Waals surface area contributed by atoms with Crippen molar-refractivity contribution >= 4 is 75.1 Å².